The first kappa shape index (κ1) is 7.03. The van der Waals surface area contributed by atoms with Gasteiger partial charge >= 0.3 is 0 Å². The third-order valence-corrected chi connectivity index (χ3v) is 1.59. The average Bonchev–Trinajstić information content (AvgIpc) is 2.54. The Morgan fingerprint density at radius 3 is 2.92 bits per heavy atom. The van der Waals surface area contributed by atoms with Gasteiger partial charge in [-0.05, 0) is 6.07 Å². The number of aromatic nitrogens is 3. The predicted octanol–water partition coefficient (Wildman–Crippen LogP) is 1.28. The molecular weight excluding hydrogens is 150 g/mol. The molecule has 0 fully saturated rings. The van der Waals surface area contributed by atoms with Gasteiger partial charge in [0.15, 0.2) is 0 Å². The van der Waals surface area contributed by atoms with Crippen LogP contribution in [0.3, 0.4) is 0 Å². The quantitative estimate of drug-likeness (QED) is 0.626. The lowest BCUT2D eigenvalue weighted by Crippen LogP contribution is -1.85. The average molecular weight is 158 g/mol. The van der Waals surface area contributed by atoms with E-state index in [9.17, 15) is 0 Å². The summed E-state index contributed by atoms with van der Waals surface area (Å²) in [5.41, 5.74) is 1.84. The van der Waals surface area contributed by atoms with E-state index < -0.39 is 0 Å². The maximum Gasteiger partial charge on any atom is 0.113 e. The number of benzene rings is 1. The first-order valence-corrected chi connectivity index (χ1v) is 3.70. The highest BCUT2D eigenvalue weighted by molar-refractivity contribution is 5.56. The van der Waals surface area contributed by atoms with Crippen LogP contribution < -0.4 is 0 Å². The van der Waals surface area contributed by atoms with E-state index in [-0.39, 0.29) is 0 Å². The molecule has 59 valence electrons. The van der Waals surface area contributed by atoms with Crippen molar-refractivity contribution < 1.29 is 0 Å². The van der Waals surface area contributed by atoms with Crippen molar-refractivity contribution in [3.63, 3.8) is 0 Å². The maximum absolute atomic E-state index is 3.97. The van der Waals surface area contributed by atoms with Crippen molar-refractivity contribution in [2.45, 2.75) is 0 Å². The Labute approximate surface area is 70.6 Å². The minimum atomic E-state index is 0.859. The van der Waals surface area contributed by atoms with Crippen LogP contribution >= 0.6 is 0 Å². The van der Waals surface area contributed by atoms with Crippen molar-refractivity contribution in [2.75, 3.05) is 0 Å². The van der Waals surface area contributed by atoms with Gasteiger partial charge in [0, 0.05) is 12.6 Å². The molecule has 1 heterocycles. The Morgan fingerprint density at radius 2 is 2.33 bits per heavy atom. The Bertz CT molecular complexity index is 364. The van der Waals surface area contributed by atoms with Crippen molar-refractivity contribution in [2.24, 2.45) is 7.05 Å². The van der Waals surface area contributed by atoms with Gasteiger partial charge in [-0.1, -0.05) is 29.5 Å². The van der Waals surface area contributed by atoms with Crippen LogP contribution in [0, 0.1) is 6.07 Å². The molecule has 0 amide bonds. The molecule has 0 bridgehead atoms. The van der Waals surface area contributed by atoms with Crippen molar-refractivity contribution >= 4 is 0 Å². The normalized spacial score (nSPS) is 10.1. The van der Waals surface area contributed by atoms with Crippen LogP contribution in [0.2, 0.25) is 0 Å². The van der Waals surface area contributed by atoms with E-state index in [1.54, 1.807) is 4.68 Å². The second-order valence-corrected chi connectivity index (χ2v) is 2.55. The topological polar surface area (TPSA) is 30.7 Å². The molecule has 0 saturated heterocycles. The molecule has 0 aliphatic heterocycles. The molecule has 3 heteroatoms. The fourth-order valence-corrected chi connectivity index (χ4v) is 1.02. The smallest absolute Gasteiger partial charge is 0.113 e. The summed E-state index contributed by atoms with van der Waals surface area (Å²) in [6.07, 6.45) is 1.87. The summed E-state index contributed by atoms with van der Waals surface area (Å²) < 4.78 is 1.68. The van der Waals surface area contributed by atoms with Gasteiger partial charge in [-0.25, -0.2) is 0 Å². The lowest BCUT2D eigenvalue weighted by atomic mass is 10.2. The van der Waals surface area contributed by atoms with E-state index in [2.05, 4.69) is 16.4 Å². The van der Waals surface area contributed by atoms with Crippen LogP contribution in [0.15, 0.2) is 30.5 Å². The van der Waals surface area contributed by atoms with Crippen LogP contribution in [0.5, 0.6) is 0 Å². The zero-order chi connectivity index (χ0) is 8.39. The van der Waals surface area contributed by atoms with Gasteiger partial charge in [-0.3, -0.25) is 4.68 Å². The molecule has 0 spiro atoms. The van der Waals surface area contributed by atoms with E-state index in [1.807, 2.05) is 37.5 Å². The van der Waals surface area contributed by atoms with Crippen molar-refractivity contribution in [3.8, 4) is 11.3 Å². The molecule has 0 atom stereocenters. The monoisotopic (exact) mass is 158 g/mol. The largest absolute Gasteiger partial charge is 0.255 e. The molecule has 1 aromatic carbocycles. The molecule has 0 N–H and O–H groups in total. The van der Waals surface area contributed by atoms with Crippen molar-refractivity contribution in [1.82, 2.24) is 15.0 Å². The Hall–Kier alpha value is -1.64. The number of rotatable bonds is 1. The summed E-state index contributed by atoms with van der Waals surface area (Å²) in [7, 11) is 1.85. The zero-order valence-electron chi connectivity index (χ0n) is 6.73. The van der Waals surface area contributed by atoms with Crippen LogP contribution in [-0.4, -0.2) is 15.0 Å². The van der Waals surface area contributed by atoms with Crippen LogP contribution in [0.4, 0.5) is 0 Å². The van der Waals surface area contributed by atoms with E-state index in [1.165, 1.54) is 0 Å². The van der Waals surface area contributed by atoms with Gasteiger partial charge in [0.1, 0.15) is 5.69 Å². The van der Waals surface area contributed by atoms with Gasteiger partial charge in [0.25, 0.3) is 0 Å². The highest BCUT2D eigenvalue weighted by Crippen LogP contribution is 2.13. The van der Waals surface area contributed by atoms with E-state index in [0.29, 0.717) is 0 Å². The molecule has 2 rings (SSSR count). The minimum Gasteiger partial charge on any atom is -0.255 e. The molecule has 0 aliphatic rings. The van der Waals surface area contributed by atoms with Gasteiger partial charge in [-0.15, -0.1) is 5.10 Å². The molecule has 0 unspecified atom stereocenters. The SMILES string of the molecule is Cn1cc(-c2[c]cccc2)nn1. The molecule has 0 saturated carbocycles. The number of aryl methyl sites for hydroxylation is 1. The maximum atomic E-state index is 3.97. The van der Waals surface area contributed by atoms with Crippen LogP contribution in [-0.2, 0) is 7.05 Å². The number of nitrogens with zero attached hydrogens (tertiary/aromatic N) is 3. The standard InChI is InChI=1S/C9H8N3/c1-12-7-9(10-11-12)8-5-3-2-4-6-8/h2-5,7H,1H3. The molecule has 1 aromatic heterocycles. The second kappa shape index (κ2) is 2.77. The lowest BCUT2D eigenvalue weighted by molar-refractivity contribution is 0.715. The summed E-state index contributed by atoms with van der Waals surface area (Å²) in [4.78, 5) is 0. The van der Waals surface area contributed by atoms with Gasteiger partial charge in [0.05, 0.1) is 6.20 Å². The molecule has 0 aliphatic carbocycles. The fraction of sp³-hybridized carbons (Fsp3) is 0.111. The summed E-state index contributed by atoms with van der Waals surface area (Å²) >= 11 is 0. The molecule has 12 heavy (non-hydrogen) atoms. The Kier molecular flexibility index (Phi) is 1.63. The third-order valence-electron chi connectivity index (χ3n) is 1.59. The predicted molar refractivity (Wildman–Crippen MR) is 45.3 cm³/mol. The Morgan fingerprint density at radius 1 is 1.42 bits per heavy atom. The highest BCUT2D eigenvalue weighted by atomic mass is 15.4. The van der Waals surface area contributed by atoms with Crippen LogP contribution in [0.1, 0.15) is 0 Å². The van der Waals surface area contributed by atoms with Gasteiger partial charge in [-0.2, -0.15) is 0 Å². The van der Waals surface area contributed by atoms with Crippen molar-refractivity contribution in [1.29, 1.82) is 0 Å². The van der Waals surface area contributed by atoms with Gasteiger partial charge < -0.3 is 0 Å². The third kappa shape index (κ3) is 1.21. The number of hydrogen-bond donors (Lipinski definition) is 0. The molecule has 3 nitrogen and oxygen atoms in total. The zero-order valence-corrected chi connectivity index (χ0v) is 6.73. The fourth-order valence-electron chi connectivity index (χ4n) is 1.02. The first-order valence-electron chi connectivity index (χ1n) is 3.70. The van der Waals surface area contributed by atoms with Crippen molar-refractivity contribution in [3.05, 3.63) is 36.5 Å². The highest BCUT2D eigenvalue weighted by Gasteiger charge is 1.99. The molecular formula is C9H8N3. The second-order valence-electron chi connectivity index (χ2n) is 2.55. The Balaban J connectivity index is 2.45. The molecule has 2 aromatic rings. The van der Waals surface area contributed by atoms with Gasteiger partial charge in [0.2, 0.25) is 0 Å². The van der Waals surface area contributed by atoms with E-state index >= 15 is 0 Å². The summed E-state index contributed by atoms with van der Waals surface area (Å²) in [5.74, 6) is 0. The number of hydrogen-bond acceptors (Lipinski definition) is 2. The summed E-state index contributed by atoms with van der Waals surface area (Å²) in [6.45, 7) is 0. The lowest BCUT2D eigenvalue weighted by Gasteiger charge is -1.90. The first-order chi connectivity index (χ1) is 5.86. The molecule has 1 radical (unpaired) electrons. The van der Waals surface area contributed by atoms with E-state index in [4.69, 9.17) is 0 Å². The van der Waals surface area contributed by atoms with Crippen LogP contribution in [0.25, 0.3) is 11.3 Å². The summed E-state index contributed by atoms with van der Waals surface area (Å²) in [5, 5.41) is 7.81. The summed E-state index contributed by atoms with van der Waals surface area (Å²) in [6, 6.07) is 10.8. The minimum absolute atomic E-state index is 0.859. The van der Waals surface area contributed by atoms with E-state index in [0.717, 1.165) is 11.3 Å².